The summed E-state index contributed by atoms with van der Waals surface area (Å²) in [7, 11) is 1.90. The van der Waals surface area contributed by atoms with Crippen molar-refractivity contribution in [2.75, 3.05) is 6.61 Å². The van der Waals surface area contributed by atoms with Crippen molar-refractivity contribution < 1.29 is 14.6 Å². The SMILES string of the molecule is CCC(O)COc1cccc2c1C(=O)N(Cc1ccc(-c3cnn(C)c3)cc1)C2. The number of amides is 1. The molecule has 150 valence electrons. The minimum absolute atomic E-state index is 0.0297. The van der Waals surface area contributed by atoms with E-state index in [0.717, 1.165) is 22.3 Å². The molecule has 4 rings (SSSR count). The summed E-state index contributed by atoms with van der Waals surface area (Å²) < 4.78 is 7.51. The molecule has 0 aliphatic carbocycles. The first-order valence-electron chi connectivity index (χ1n) is 9.85. The van der Waals surface area contributed by atoms with E-state index in [0.29, 0.717) is 30.8 Å². The molecular formula is C23H25N3O3. The molecule has 6 heteroatoms. The van der Waals surface area contributed by atoms with Crippen LogP contribution in [-0.2, 0) is 20.1 Å². The number of aliphatic hydroxyl groups is 1. The molecule has 0 spiro atoms. The van der Waals surface area contributed by atoms with Crippen molar-refractivity contribution in [1.82, 2.24) is 14.7 Å². The number of benzene rings is 2. The van der Waals surface area contributed by atoms with Gasteiger partial charge in [-0.3, -0.25) is 9.48 Å². The van der Waals surface area contributed by atoms with E-state index in [2.05, 4.69) is 17.2 Å². The number of nitrogens with zero attached hydrogens (tertiary/aromatic N) is 3. The number of ether oxygens (including phenoxy) is 1. The van der Waals surface area contributed by atoms with Crippen LogP contribution in [0.25, 0.3) is 11.1 Å². The molecule has 2 aromatic carbocycles. The van der Waals surface area contributed by atoms with Gasteiger partial charge in [-0.05, 0) is 29.2 Å². The molecule has 1 aliphatic heterocycles. The minimum Gasteiger partial charge on any atom is -0.490 e. The largest absolute Gasteiger partial charge is 0.490 e. The summed E-state index contributed by atoms with van der Waals surface area (Å²) in [6.45, 7) is 3.19. The van der Waals surface area contributed by atoms with Gasteiger partial charge in [0.1, 0.15) is 12.4 Å². The molecule has 1 N–H and O–H groups in total. The fourth-order valence-electron chi connectivity index (χ4n) is 3.53. The normalized spacial score (nSPS) is 14.2. The highest BCUT2D eigenvalue weighted by Crippen LogP contribution is 2.32. The van der Waals surface area contributed by atoms with Crippen LogP contribution >= 0.6 is 0 Å². The van der Waals surface area contributed by atoms with Crippen molar-refractivity contribution in [1.29, 1.82) is 0 Å². The van der Waals surface area contributed by atoms with Gasteiger partial charge in [0.2, 0.25) is 0 Å². The first kappa shape index (κ1) is 19.2. The summed E-state index contributed by atoms with van der Waals surface area (Å²) in [6, 6.07) is 13.9. The van der Waals surface area contributed by atoms with Crippen LogP contribution in [0.4, 0.5) is 0 Å². The summed E-state index contributed by atoms with van der Waals surface area (Å²) in [5.74, 6) is 0.521. The Hall–Kier alpha value is -3.12. The number of aliphatic hydroxyl groups excluding tert-OH is 1. The van der Waals surface area contributed by atoms with Gasteiger partial charge in [0, 0.05) is 31.9 Å². The Morgan fingerprint density at radius 2 is 1.97 bits per heavy atom. The quantitative estimate of drug-likeness (QED) is 0.670. The number of fused-ring (bicyclic) bond motifs is 1. The fourth-order valence-corrected chi connectivity index (χ4v) is 3.53. The second-order valence-electron chi connectivity index (χ2n) is 7.42. The van der Waals surface area contributed by atoms with E-state index in [1.54, 1.807) is 10.7 Å². The van der Waals surface area contributed by atoms with E-state index in [-0.39, 0.29) is 12.5 Å². The van der Waals surface area contributed by atoms with Crippen LogP contribution in [0.3, 0.4) is 0 Å². The second kappa shape index (κ2) is 8.09. The summed E-state index contributed by atoms with van der Waals surface area (Å²) in [4.78, 5) is 14.8. The number of hydrogen-bond acceptors (Lipinski definition) is 4. The first-order chi connectivity index (χ1) is 14.0. The molecule has 2 heterocycles. The highest BCUT2D eigenvalue weighted by atomic mass is 16.5. The zero-order valence-electron chi connectivity index (χ0n) is 16.7. The van der Waals surface area contributed by atoms with Gasteiger partial charge in [-0.25, -0.2) is 0 Å². The average molecular weight is 391 g/mol. The highest BCUT2D eigenvalue weighted by Gasteiger charge is 2.30. The third-order valence-electron chi connectivity index (χ3n) is 5.24. The topological polar surface area (TPSA) is 67.6 Å². The summed E-state index contributed by atoms with van der Waals surface area (Å²) in [5, 5.41) is 14.0. The zero-order valence-corrected chi connectivity index (χ0v) is 16.7. The molecule has 0 saturated carbocycles. The van der Waals surface area contributed by atoms with Crippen LogP contribution < -0.4 is 4.74 Å². The lowest BCUT2D eigenvalue weighted by Crippen LogP contribution is -2.24. The maximum atomic E-state index is 13.0. The van der Waals surface area contributed by atoms with Crippen LogP contribution in [0.2, 0.25) is 0 Å². The van der Waals surface area contributed by atoms with Crippen molar-refractivity contribution in [3.05, 3.63) is 71.5 Å². The van der Waals surface area contributed by atoms with E-state index in [4.69, 9.17) is 4.74 Å². The van der Waals surface area contributed by atoms with Gasteiger partial charge < -0.3 is 14.7 Å². The molecular weight excluding hydrogens is 366 g/mol. The van der Waals surface area contributed by atoms with E-state index < -0.39 is 6.10 Å². The van der Waals surface area contributed by atoms with E-state index in [9.17, 15) is 9.90 Å². The van der Waals surface area contributed by atoms with Crippen LogP contribution in [0.5, 0.6) is 5.75 Å². The maximum absolute atomic E-state index is 13.0. The van der Waals surface area contributed by atoms with Crippen molar-refractivity contribution >= 4 is 5.91 Å². The Morgan fingerprint density at radius 3 is 2.66 bits per heavy atom. The van der Waals surface area contributed by atoms with E-state index in [1.807, 2.05) is 55.5 Å². The molecule has 1 amide bonds. The summed E-state index contributed by atoms with van der Waals surface area (Å²) >= 11 is 0. The molecule has 1 aromatic heterocycles. The molecule has 6 nitrogen and oxygen atoms in total. The van der Waals surface area contributed by atoms with E-state index >= 15 is 0 Å². The number of hydrogen-bond donors (Lipinski definition) is 1. The summed E-state index contributed by atoms with van der Waals surface area (Å²) in [5.41, 5.74) is 4.82. The molecule has 1 unspecified atom stereocenters. The molecule has 0 fully saturated rings. The lowest BCUT2D eigenvalue weighted by molar-refractivity contribution is 0.0754. The van der Waals surface area contributed by atoms with Crippen molar-refractivity contribution in [2.45, 2.75) is 32.5 Å². The number of carbonyl (C=O) groups is 1. The Kier molecular flexibility index (Phi) is 5.36. The fraction of sp³-hybridized carbons (Fsp3) is 0.304. The molecule has 0 saturated heterocycles. The Morgan fingerprint density at radius 1 is 1.17 bits per heavy atom. The molecule has 29 heavy (non-hydrogen) atoms. The summed E-state index contributed by atoms with van der Waals surface area (Å²) in [6.07, 6.45) is 3.90. The second-order valence-corrected chi connectivity index (χ2v) is 7.42. The number of carbonyl (C=O) groups excluding carboxylic acids is 1. The maximum Gasteiger partial charge on any atom is 0.258 e. The van der Waals surface area contributed by atoms with Gasteiger partial charge in [0.15, 0.2) is 0 Å². The lowest BCUT2D eigenvalue weighted by Gasteiger charge is -2.16. The van der Waals surface area contributed by atoms with Gasteiger partial charge in [-0.2, -0.15) is 5.10 Å². The molecule has 1 aliphatic rings. The standard InChI is InChI=1S/C23H25N3O3/c1-3-20(27)15-29-21-6-4-5-18-14-26(23(28)22(18)21)12-16-7-9-17(10-8-16)19-11-24-25(2)13-19/h4-11,13,20,27H,3,12,14-15H2,1-2H3. The molecule has 0 radical (unpaired) electrons. The third-order valence-corrected chi connectivity index (χ3v) is 5.24. The van der Waals surface area contributed by atoms with Gasteiger partial charge in [0.05, 0.1) is 17.9 Å². The lowest BCUT2D eigenvalue weighted by atomic mass is 10.1. The predicted molar refractivity (Wildman–Crippen MR) is 110 cm³/mol. The number of aromatic nitrogens is 2. The van der Waals surface area contributed by atoms with E-state index in [1.165, 1.54) is 0 Å². The Balaban J connectivity index is 1.47. The molecule has 3 aromatic rings. The van der Waals surface area contributed by atoms with Crippen molar-refractivity contribution in [3.8, 4) is 16.9 Å². The van der Waals surface area contributed by atoms with Gasteiger partial charge >= 0.3 is 0 Å². The highest BCUT2D eigenvalue weighted by molar-refractivity contribution is 6.01. The van der Waals surface area contributed by atoms with Gasteiger partial charge in [-0.15, -0.1) is 0 Å². The molecule has 0 bridgehead atoms. The zero-order chi connectivity index (χ0) is 20.4. The van der Waals surface area contributed by atoms with Crippen LogP contribution in [0.15, 0.2) is 54.9 Å². The number of aryl methyl sites for hydroxylation is 1. The van der Waals surface area contributed by atoms with Crippen LogP contribution in [0.1, 0.15) is 34.8 Å². The van der Waals surface area contributed by atoms with Gasteiger partial charge in [0.25, 0.3) is 5.91 Å². The third kappa shape index (κ3) is 4.03. The minimum atomic E-state index is -0.531. The predicted octanol–water partition coefficient (Wildman–Crippen LogP) is 3.39. The van der Waals surface area contributed by atoms with Crippen molar-refractivity contribution in [3.63, 3.8) is 0 Å². The average Bonchev–Trinajstić information content (AvgIpc) is 3.30. The molecule has 1 atom stereocenters. The van der Waals surface area contributed by atoms with Crippen LogP contribution in [-0.4, -0.2) is 38.4 Å². The monoisotopic (exact) mass is 391 g/mol. The van der Waals surface area contributed by atoms with Gasteiger partial charge in [-0.1, -0.05) is 43.3 Å². The first-order valence-corrected chi connectivity index (χ1v) is 9.85. The van der Waals surface area contributed by atoms with Crippen LogP contribution in [0, 0.1) is 0 Å². The Labute approximate surface area is 170 Å². The number of rotatable bonds is 7. The van der Waals surface area contributed by atoms with Crippen molar-refractivity contribution in [2.24, 2.45) is 7.05 Å². The smallest absolute Gasteiger partial charge is 0.258 e. The Bertz CT molecular complexity index is 1010.